The predicted molar refractivity (Wildman–Crippen MR) is 237 cm³/mol. The number of pyridine rings is 1. The Kier molecular flexibility index (Phi) is 7.52. The van der Waals surface area contributed by atoms with Crippen molar-refractivity contribution >= 4 is 32.4 Å². The van der Waals surface area contributed by atoms with Crippen molar-refractivity contribution in [2.24, 2.45) is 0 Å². The first-order valence-corrected chi connectivity index (χ1v) is 19.6. The van der Waals surface area contributed by atoms with E-state index in [0.717, 1.165) is 55.5 Å². The molecule has 10 aromatic rings. The third-order valence-corrected chi connectivity index (χ3v) is 11.9. The zero-order valence-electron chi connectivity index (χ0n) is 31.7. The van der Waals surface area contributed by atoms with Gasteiger partial charge in [-0.2, -0.15) is 0 Å². The lowest BCUT2D eigenvalue weighted by Crippen LogP contribution is -2.14. The van der Waals surface area contributed by atoms with Gasteiger partial charge < -0.3 is 0 Å². The Labute approximate surface area is 332 Å². The minimum atomic E-state index is -0.119. The summed E-state index contributed by atoms with van der Waals surface area (Å²) in [4.78, 5) is 15.1. The Bertz CT molecular complexity index is 3220. The first-order valence-electron chi connectivity index (χ1n) is 19.6. The van der Waals surface area contributed by atoms with E-state index in [4.69, 9.17) is 9.97 Å². The van der Waals surface area contributed by atoms with Crippen molar-refractivity contribution in [3.8, 4) is 67.3 Å². The second kappa shape index (κ2) is 12.9. The molecule has 0 radical (unpaired) electrons. The van der Waals surface area contributed by atoms with Gasteiger partial charge in [0.1, 0.15) is 0 Å². The van der Waals surface area contributed by atoms with Crippen LogP contribution in [0.15, 0.2) is 188 Å². The highest BCUT2D eigenvalue weighted by Gasteiger charge is 2.37. The van der Waals surface area contributed by atoms with Crippen LogP contribution in [0.1, 0.15) is 25.0 Å². The molecule has 1 aliphatic carbocycles. The average molecular weight is 728 g/mol. The van der Waals surface area contributed by atoms with Crippen LogP contribution in [-0.2, 0) is 5.41 Å². The van der Waals surface area contributed by atoms with Gasteiger partial charge in [-0.15, -0.1) is 0 Å². The van der Waals surface area contributed by atoms with Crippen molar-refractivity contribution in [2.45, 2.75) is 19.3 Å². The Balaban J connectivity index is 1.11. The van der Waals surface area contributed by atoms with Crippen molar-refractivity contribution < 1.29 is 0 Å². The van der Waals surface area contributed by atoms with Gasteiger partial charge in [0.15, 0.2) is 5.82 Å². The molecule has 0 atom stereocenters. The van der Waals surface area contributed by atoms with Crippen LogP contribution >= 0.6 is 0 Å². The topological polar surface area (TPSA) is 38.7 Å². The highest BCUT2D eigenvalue weighted by Crippen LogP contribution is 2.54. The molecule has 0 bridgehead atoms. The molecular formula is C54H37N3. The van der Waals surface area contributed by atoms with Crippen LogP contribution in [0.25, 0.3) is 99.7 Å². The summed E-state index contributed by atoms with van der Waals surface area (Å²) in [5.74, 6) is 0.695. The Morgan fingerprint density at radius 3 is 1.86 bits per heavy atom. The molecule has 0 amide bonds. The van der Waals surface area contributed by atoms with Gasteiger partial charge in [0.05, 0.1) is 16.9 Å². The maximum Gasteiger partial charge on any atom is 0.160 e. The minimum absolute atomic E-state index is 0.119. The maximum atomic E-state index is 5.31. The van der Waals surface area contributed by atoms with Crippen LogP contribution < -0.4 is 0 Å². The quantitative estimate of drug-likeness (QED) is 0.177. The minimum Gasteiger partial charge on any atom is -0.256 e. The first-order chi connectivity index (χ1) is 28.0. The monoisotopic (exact) mass is 727 g/mol. The summed E-state index contributed by atoms with van der Waals surface area (Å²) in [5, 5.41) is 6.01. The smallest absolute Gasteiger partial charge is 0.160 e. The van der Waals surface area contributed by atoms with Crippen molar-refractivity contribution in [3.63, 3.8) is 0 Å². The molecule has 2 aromatic heterocycles. The van der Waals surface area contributed by atoms with E-state index in [1.165, 1.54) is 49.5 Å². The molecule has 0 aliphatic heterocycles. The van der Waals surface area contributed by atoms with Gasteiger partial charge in [-0.3, -0.25) is 4.98 Å². The molecule has 11 rings (SSSR count). The zero-order valence-corrected chi connectivity index (χ0v) is 31.7. The molecule has 0 saturated carbocycles. The Morgan fingerprint density at radius 2 is 1.04 bits per heavy atom. The molecule has 0 saturated heterocycles. The number of benzene rings is 8. The molecule has 57 heavy (non-hydrogen) atoms. The third kappa shape index (κ3) is 5.38. The molecule has 8 aromatic carbocycles. The number of rotatable bonds is 5. The largest absolute Gasteiger partial charge is 0.256 e. The number of hydrogen-bond acceptors (Lipinski definition) is 3. The van der Waals surface area contributed by atoms with Crippen LogP contribution in [0.5, 0.6) is 0 Å². The molecule has 0 unspecified atom stereocenters. The van der Waals surface area contributed by atoms with Crippen LogP contribution in [0, 0.1) is 0 Å². The summed E-state index contributed by atoms with van der Waals surface area (Å²) in [6.45, 7) is 4.73. The highest BCUT2D eigenvalue weighted by atomic mass is 14.9. The zero-order chi connectivity index (χ0) is 38.1. The summed E-state index contributed by atoms with van der Waals surface area (Å²) >= 11 is 0. The number of hydrogen-bond donors (Lipinski definition) is 0. The average Bonchev–Trinajstić information content (AvgIpc) is 3.50. The van der Waals surface area contributed by atoms with Gasteiger partial charge in [-0.25, -0.2) is 9.97 Å². The van der Waals surface area contributed by atoms with E-state index in [9.17, 15) is 0 Å². The van der Waals surface area contributed by atoms with Gasteiger partial charge >= 0.3 is 0 Å². The fourth-order valence-corrected chi connectivity index (χ4v) is 9.10. The van der Waals surface area contributed by atoms with E-state index < -0.39 is 0 Å². The maximum absolute atomic E-state index is 5.31. The Hall–Kier alpha value is -7.23. The summed E-state index contributed by atoms with van der Waals surface area (Å²) in [6.07, 6.45) is 1.84. The number of fused-ring (bicyclic) bond motifs is 6. The van der Waals surface area contributed by atoms with Crippen molar-refractivity contribution in [1.29, 1.82) is 0 Å². The van der Waals surface area contributed by atoms with Crippen molar-refractivity contribution in [3.05, 3.63) is 199 Å². The van der Waals surface area contributed by atoms with Gasteiger partial charge in [-0.05, 0) is 102 Å². The molecule has 0 N–H and O–H groups in total. The van der Waals surface area contributed by atoms with E-state index in [1.54, 1.807) is 0 Å². The molecule has 3 nitrogen and oxygen atoms in total. The molecule has 1 aliphatic rings. The standard InChI is InChI=1S/C54H37N3/c1-54(2)47-24-12-23-45(52(47)46-31-35-16-6-7-17-36(35)32-48(46)54)42-26-27-44(41-21-10-9-20-40(41)42)51-33-50(56-53(57-51)34-14-4-3-5-15-34)43-22-11-8-19-39(43)37-25-28-49-38(30-37)18-13-29-55-49/h3-33H,1-2H3. The lowest BCUT2D eigenvalue weighted by atomic mass is 9.81. The summed E-state index contributed by atoms with van der Waals surface area (Å²) in [5.41, 5.74) is 15.8. The van der Waals surface area contributed by atoms with Crippen LogP contribution in [0.3, 0.4) is 0 Å². The SMILES string of the molecule is CC1(C)c2cc3ccccc3cc2-c2c(-c3ccc(-c4cc(-c5ccccc5-c5ccc6ncccc6c5)nc(-c5ccccc5)n4)c4ccccc34)cccc21. The van der Waals surface area contributed by atoms with Crippen LogP contribution in [0.2, 0.25) is 0 Å². The fourth-order valence-electron chi connectivity index (χ4n) is 9.10. The van der Waals surface area contributed by atoms with Gasteiger partial charge in [-0.1, -0.05) is 159 Å². The Morgan fingerprint density at radius 1 is 0.386 bits per heavy atom. The van der Waals surface area contributed by atoms with Crippen LogP contribution in [-0.4, -0.2) is 15.0 Å². The molecule has 0 fully saturated rings. The van der Waals surface area contributed by atoms with E-state index in [2.05, 4.69) is 177 Å². The van der Waals surface area contributed by atoms with E-state index in [0.29, 0.717) is 5.82 Å². The lowest BCUT2D eigenvalue weighted by molar-refractivity contribution is 0.661. The van der Waals surface area contributed by atoms with Gasteiger partial charge in [0.2, 0.25) is 0 Å². The lowest BCUT2D eigenvalue weighted by Gasteiger charge is -2.22. The number of nitrogens with zero attached hydrogens (tertiary/aromatic N) is 3. The second-order valence-corrected chi connectivity index (χ2v) is 15.6. The predicted octanol–water partition coefficient (Wildman–Crippen LogP) is 14.0. The summed E-state index contributed by atoms with van der Waals surface area (Å²) in [6, 6.07) is 65.3. The molecular weight excluding hydrogens is 691 g/mol. The highest BCUT2D eigenvalue weighted by molar-refractivity contribution is 6.09. The molecule has 268 valence electrons. The first kappa shape index (κ1) is 33.1. The normalized spacial score (nSPS) is 12.9. The number of aromatic nitrogens is 3. The van der Waals surface area contributed by atoms with E-state index in [-0.39, 0.29) is 5.41 Å². The van der Waals surface area contributed by atoms with Gasteiger partial charge in [0.25, 0.3) is 0 Å². The fraction of sp³-hybridized carbons (Fsp3) is 0.0556. The summed E-state index contributed by atoms with van der Waals surface area (Å²) < 4.78 is 0. The third-order valence-electron chi connectivity index (χ3n) is 11.9. The summed E-state index contributed by atoms with van der Waals surface area (Å²) in [7, 11) is 0. The van der Waals surface area contributed by atoms with Crippen molar-refractivity contribution in [2.75, 3.05) is 0 Å². The molecule has 3 heteroatoms. The van der Waals surface area contributed by atoms with E-state index >= 15 is 0 Å². The van der Waals surface area contributed by atoms with E-state index in [1.807, 2.05) is 30.5 Å². The van der Waals surface area contributed by atoms with Crippen molar-refractivity contribution in [1.82, 2.24) is 15.0 Å². The second-order valence-electron chi connectivity index (χ2n) is 15.6. The van der Waals surface area contributed by atoms with Gasteiger partial charge in [0, 0.05) is 33.7 Å². The molecule has 2 heterocycles. The molecule has 0 spiro atoms. The van der Waals surface area contributed by atoms with Crippen LogP contribution in [0.4, 0.5) is 0 Å².